The molecule has 5 nitrogen and oxygen atoms in total. The van der Waals surface area contributed by atoms with Crippen molar-refractivity contribution in [2.45, 2.75) is 32.5 Å². The lowest BCUT2D eigenvalue weighted by Crippen LogP contribution is -2.25. The molecule has 0 aliphatic rings. The van der Waals surface area contributed by atoms with E-state index >= 15 is 0 Å². The van der Waals surface area contributed by atoms with E-state index in [1.807, 2.05) is 13.8 Å². The molecule has 0 amide bonds. The van der Waals surface area contributed by atoms with Crippen LogP contribution < -0.4 is 4.74 Å². The molecule has 0 fully saturated rings. The summed E-state index contributed by atoms with van der Waals surface area (Å²) in [6.45, 7) is 4.41. The molecule has 0 saturated carbocycles. The number of rotatable bonds is 6. The second-order valence-corrected chi connectivity index (χ2v) is 4.07. The summed E-state index contributed by atoms with van der Waals surface area (Å²) in [5.74, 6) is 0.462. The van der Waals surface area contributed by atoms with Gasteiger partial charge in [0.05, 0.1) is 36.9 Å². The second-order valence-electron chi connectivity index (χ2n) is 4.07. The fraction of sp³-hybridized carbons (Fsp3) is 0.636. The lowest BCUT2D eigenvalue weighted by molar-refractivity contribution is 0.00504. The number of aliphatic hydroxyl groups excluding tert-OH is 1. The Hall–Kier alpha value is -1.20. The van der Waals surface area contributed by atoms with Gasteiger partial charge in [-0.15, -0.1) is 0 Å². The maximum atomic E-state index is 8.78. The SMILES string of the molecule is COC(C)(C)CCOc1cnc(CO)cn1. The molecule has 0 spiro atoms. The maximum Gasteiger partial charge on any atom is 0.232 e. The van der Waals surface area contributed by atoms with Gasteiger partial charge < -0.3 is 14.6 Å². The molecular formula is C11H18N2O3. The predicted molar refractivity (Wildman–Crippen MR) is 59.2 cm³/mol. The summed E-state index contributed by atoms with van der Waals surface area (Å²) in [4.78, 5) is 7.97. The molecule has 1 aromatic rings. The van der Waals surface area contributed by atoms with Crippen LogP contribution in [0.1, 0.15) is 26.0 Å². The third-order valence-corrected chi connectivity index (χ3v) is 2.35. The molecule has 0 aliphatic heterocycles. The average molecular weight is 226 g/mol. The monoisotopic (exact) mass is 226 g/mol. The van der Waals surface area contributed by atoms with Crippen LogP contribution in [0.4, 0.5) is 0 Å². The first-order valence-corrected chi connectivity index (χ1v) is 5.17. The van der Waals surface area contributed by atoms with E-state index < -0.39 is 0 Å². The Morgan fingerprint density at radius 3 is 2.56 bits per heavy atom. The highest BCUT2D eigenvalue weighted by Gasteiger charge is 2.16. The second kappa shape index (κ2) is 5.77. The Bertz CT molecular complexity index is 312. The van der Waals surface area contributed by atoms with E-state index in [9.17, 15) is 0 Å². The van der Waals surface area contributed by atoms with Crippen LogP contribution in [0.2, 0.25) is 0 Å². The Kier molecular flexibility index (Phi) is 4.64. The molecule has 0 bridgehead atoms. The largest absolute Gasteiger partial charge is 0.476 e. The zero-order valence-corrected chi connectivity index (χ0v) is 9.93. The Morgan fingerprint density at radius 2 is 2.06 bits per heavy atom. The minimum absolute atomic E-state index is 0.107. The van der Waals surface area contributed by atoms with Crippen molar-refractivity contribution in [3.63, 3.8) is 0 Å². The number of methoxy groups -OCH3 is 1. The number of aliphatic hydroxyl groups is 1. The Labute approximate surface area is 95.4 Å². The number of hydrogen-bond acceptors (Lipinski definition) is 5. The predicted octanol–water partition coefficient (Wildman–Crippen LogP) is 1.16. The van der Waals surface area contributed by atoms with Gasteiger partial charge in [0.1, 0.15) is 0 Å². The van der Waals surface area contributed by atoms with Crippen LogP contribution in [-0.2, 0) is 11.3 Å². The zero-order chi connectivity index (χ0) is 12.0. The normalized spacial score (nSPS) is 11.5. The molecule has 1 aromatic heterocycles. The fourth-order valence-electron chi connectivity index (χ4n) is 1.00. The summed E-state index contributed by atoms with van der Waals surface area (Å²) in [7, 11) is 1.68. The molecule has 1 N–H and O–H groups in total. The zero-order valence-electron chi connectivity index (χ0n) is 9.93. The first-order valence-electron chi connectivity index (χ1n) is 5.17. The summed E-state index contributed by atoms with van der Waals surface area (Å²) in [6, 6.07) is 0. The lowest BCUT2D eigenvalue weighted by Gasteiger charge is -2.22. The van der Waals surface area contributed by atoms with E-state index in [1.165, 1.54) is 12.4 Å². The Balaban J connectivity index is 2.37. The number of ether oxygens (including phenoxy) is 2. The minimum Gasteiger partial charge on any atom is -0.476 e. The third kappa shape index (κ3) is 4.12. The highest BCUT2D eigenvalue weighted by atomic mass is 16.5. The molecular weight excluding hydrogens is 208 g/mol. The summed E-state index contributed by atoms with van der Waals surface area (Å²) in [5.41, 5.74) is 0.336. The van der Waals surface area contributed by atoms with E-state index in [4.69, 9.17) is 14.6 Å². The smallest absolute Gasteiger partial charge is 0.232 e. The van der Waals surface area contributed by atoms with E-state index in [0.29, 0.717) is 18.2 Å². The molecule has 0 atom stereocenters. The molecule has 0 aromatic carbocycles. The fourth-order valence-corrected chi connectivity index (χ4v) is 1.00. The van der Waals surface area contributed by atoms with Crippen molar-refractivity contribution < 1.29 is 14.6 Å². The van der Waals surface area contributed by atoms with Crippen LogP contribution in [0.15, 0.2) is 12.4 Å². The molecule has 1 rings (SSSR count). The quantitative estimate of drug-likeness (QED) is 0.788. The van der Waals surface area contributed by atoms with Gasteiger partial charge in [-0.3, -0.25) is 4.98 Å². The van der Waals surface area contributed by atoms with Crippen molar-refractivity contribution in [1.29, 1.82) is 0 Å². The highest BCUT2D eigenvalue weighted by molar-refractivity contribution is 5.06. The van der Waals surface area contributed by atoms with E-state index in [2.05, 4.69) is 9.97 Å². The lowest BCUT2D eigenvalue weighted by atomic mass is 10.1. The molecule has 0 saturated heterocycles. The van der Waals surface area contributed by atoms with Gasteiger partial charge in [0.25, 0.3) is 0 Å². The van der Waals surface area contributed by atoms with Crippen molar-refractivity contribution in [2.75, 3.05) is 13.7 Å². The number of hydrogen-bond donors (Lipinski definition) is 1. The van der Waals surface area contributed by atoms with Crippen LogP contribution in [0.5, 0.6) is 5.88 Å². The summed E-state index contributed by atoms with van der Waals surface area (Å²) >= 11 is 0. The van der Waals surface area contributed by atoms with Gasteiger partial charge >= 0.3 is 0 Å². The molecule has 0 radical (unpaired) electrons. The molecule has 90 valence electrons. The van der Waals surface area contributed by atoms with Crippen molar-refractivity contribution in [3.8, 4) is 5.88 Å². The van der Waals surface area contributed by atoms with Gasteiger partial charge in [-0.05, 0) is 13.8 Å². The topological polar surface area (TPSA) is 64.5 Å². The van der Waals surface area contributed by atoms with E-state index in [-0.39, 0.29) is 12.2 Å². The van der Waals surface area contributed by atoms with Crippen LogP contribution in [0, 0.1) is 0 Å². The molecule has 1 heterocycles. The standard InChI is InChI=1S/C11H18N2O3/c1-11(2,15-3)4-5-16-10-7-12-9(8-14)6-13-10/h6-7,14H,4-5,8H2,1-3H3. The van der Waals surface area contributed by atoms with Gasteiger partial charge in [0.2, 0.25) is 5.88 Å². The number of aromatic nitrogens is 2. The minimum atomic E-state index is -0.196. The molecule has 5 heteroatoms. The first-order chi connectivity index (χ1) is 7.57. The van der Waals surface area contributed by atoms with Crippen LogP contribution in [0.25, 0.3) is 0 Å². The van der Waals surface area contributed by atoms with Crippen molar-refractivity contribution >= 4 is 0 Å². The maximum absolute atomic E-state index is 8.78. The average Bonchev–Trinajstić information content (AvgIpc) is 2.30. The van der Waals surface area contributed by atoms with Crippen LogP contribution >= 0.6 is 0 Å². The summed E-state index contributed by atoms with van der Waals surface area (Å²) < 4.78 is 10.7. The molecule has 0 unspecified atom stereocenters. The summed E-state index contributed by atoms with van der Waals surface area (Å²) in [6.07, 6.45) is 3.77. The summed E-state index contributed by atoms with van der Waals surface area (Å²) in [5, 5.41) is 8.78. The van der Waals surface area contributed by atoms with E-state index in [0.717, 1.165) is 6.42 Å². The molecule has 0 aliphatic carbocycles. The number of nitrogens with zero attached hydrogens (tertiary/aromatic N) is 2. The van der Waals surface area contributed by atoms with Crippen molar-refractivity contribution in [2.24, 2.45) is 0 Å². The van der Waals surface area contributed by atoms with Gasteiger partial charge in [0, 0.05) is 13.5 Å². The van der Waals surface area contributed by atoms with Gasteiger partial charge in [-0.1, -0.05) is 0 Å². The Morgan fingerprint density at radius 1 is 1.31 bits per heavy atom. The highest BCUT2D eigenvalue weighted by Crippen LogP contribution is 2.13. The molecule has 16 heavy (non-hydrogen) atoms. The van der Waals surface area contributed by atoms with Crippen molar-refractivity contribution in [3.05, 3.63) is 18.1 Å². The van der Waals surface area contributed by atoms with Crippen LogP contribution in [-0.4, -0.2) is 34.4 Å². The van der Waals surface area contributed by atoms with E-state index in [1.54, 1.807) is 7.11 Å². The third-order valence-electron chi connectivity index (χ3n) is 2.35. The van der Waals surface area contributed by atoms with Gasteiger partial charge in [-0.25, -0.2) is 4.98 Å². The van der Waals surface area contributed by atoms with Crippen molar-refractivity contribution in [1.82, 2.24) is 9.97 Å². The van der Waals surface area contributed by atoms with Gasteiger partial charge in [0.15, 0.2) is 0 Å². The van der Waals surface area contributed by atoms with Crippen LogP contribution in [0.3, 0.4) is 0 Å². The first kappa shape index (κ1) is 12.9. The van der Waals surface area contributed by atoms with Gasteiger partial charge in [-0.2, -0.15) is 0 Å².